The average Bonchev–Trinajstić information content (AvgIpc) is 2.69. The molecule has 1 heterocycles. The van der Waals surface area contributed by atoms with Crippen molar-refractivity contribution in [3.05, 3.63) is 40.0 Å². The Hall–Kier alpha value is -2.38. The summed E-state index contributed by atoms with van der Waals surface area (Å²) >= 11 is 11.8. The predicted molar refractivity (Wildman–Crippen MR) is 110 cm³/mol. The van der Waals surface area contributed by atoms with Gasteiger partial charge in [0, 0.05) is 25.7 Å². The van der Waals surface area contributed by atoms with Crippen molar-refractivity contribution in [2.45, 2.75) is 12.8 Å². The second kappa shape index (κ2) is 10.8. The van der Waals surface area contributed by atoms with Crippen LogP contribution in [0.4, 0.5) is 5.82 Å². The summed E-state index contributed by atoms with van der Waals surface area (Å²) < 4.78 is 16.1. The maximum absolute atomic E-state index is 12.1. The number of hydrogen-bond donors (Lipinski definition) is 2. The van der Waals surface area contributed by atoms with Crippen LogP contribution in [0.25, 0.3) is 0 Å². The highest BCUT2D eigenvalue weighted by atomic mass is 35.5. The first-order valence-electron chi connectivity index (χ1n) is 8.59. The lowest BCUT2D eigenvalue weighted by atomic mass is 10.1. The molecule has 0 radical (unpaired) electrons. The van der Waals surface area contributed by atoms with Crippen LogP contribution in [-0.2, 0) is 11.2 Å². The van der Waals surface area contributed by atoms with E-state index in [1.54, 1.807) is 33.5 Å². The van der Waals surface area contributed by atoms with Gasteiger partial charge in [0.25, 0.3) is 0 Å². The van der Waals surface area contributed by atoms with E-state index in [0.29, 0.717) is 59.0 Å². The third kappa shape index (κ3) is 5.81. The summed E-state index contributed by atoms with van der Waals surface area (Å²) in [5.74, 6) is 2.11. The van der Waals surface area contributed by atoms with Crippen molar-refractivity contribution in [1.82, 2.24) is 10.3 Å². The second-order valence-electron chi connectivity index (χ2n) is 5.75. The Morgan fingerprint density at radius 1 is 1.07 bits per heavy atom. The second-order valence-corrected chi connectivity index (χ2v) is 6.60. The van der Waals surface area contributed by atoms with Crippen molar-refractivity contribution in [2.75, 3.05) is 39.7 Å². The molecular weight excluding hydrogens is 405 g/mol. The Kier molecular flexibility index (Phi) is 8.47. The highest BCUT2D eigenvalue weighted by molar-refractivity contribution is 6.35. The number of carbonyl (C=O) groups excluding carboxylic acids is 1. The van der Waals surface area contributed by atoms with Crippen LogP contribution in [-0.4, -0.2) is 45.3 Å². The van der Waals surface area contributed by atoms with Crippen molar-refractivity contribution >= 4 is 34.9 Å². The molecule has 0 saturated heterocycles. The molecule has 7 nitrogen and oxygen atoms in total. The molecule has 0 aliphatic rings. The van der Waals surface area contributed by atoms with Crippen molar-refractivity contribution in [3.63, 3.8) is 0 Å². The quantitative estimate of drug-likeness (QED) is 0.563. The number of ether oxygens (including phenoxy) is 3. The molecule has 0 aliphatic heterocycles. The number of nitrogens with one attached hydrogen (secondary N) is 2. The number of amides is 1. The average molecular weight is 428 g/mol. The number of halogens is 2. The number of rotatable bonds is 10. The van der Waals surface area contributed by atoms with Crippen molar-refractivity contribution < 1.29 is 19.0 Å². The van der Waals surface area contributed by atoms with Crippen molar-refractivity contribution in [3.8, 4) is 17.2 Å². The van der Waals surface area contributed by atoms with E-state index >= 15 is 0 Å². The number of methoxy groups -OCH3 is 3. The molecule has 28 heavy (non-hydrogen) atoms. The number of anilines is 1. The van der Waals surface area contributed by atoms with Crippen LogP contribution in [0.1, 0.15) is 12.0 Å². The largest absolute Gasteiger partial charge is 0.493 e. The van der Waals surface area contributed by atoms with Gasteiger partial charge in [-0.15, -0.1) is 0 Å². The summed E-state index contributed by atoms with van der Waals surface area (Å²) in [6, 6.07) is 5.26. The summed E-state index contributed by atoms with van der Waals surface area (Å²) in [5.41, 5.74) is 0.866. The lowest BCUT2D eigenvalue weighted by Gasteiger charge is -2.15. The van der Waals surface area contributed by atoms with E-state index in [0.717, 1.165) is 5.56 Å². The Balaban J connectivity index is 1.82. The van der Waals surface area contributed by atoms with Gasteiger partial charge >= 0.3 is 0 Å². The molecule has 2 aromatic rings. The molecule has 0 aliphatic carbocycles. The molecule has 0 spiro atoms. The maximum Gasteiger partial charge on any atom is 0.220 e. The van der Waals surface area contributed by atoms with Gasteiger partial charge in [-0.1, -0.05) is 29.3 Å². The van der Waals surface area contributed by atoms with E-state index < -0.39 is 0 Å². The van der Waals surface area contributed by atoms with Crippen LogP contribution in [0.3, 0.4) is 0 Å². The Morgan fingerprint density at radius 2 is 1.82 bits per heavy atom. The molecule has 0 atom stereocenters. The molecule has 152 valence electrons. The highest BCUT2D eigenvalue weighted by Crippen LogP contribution is 2.40. The summed E-state index contributed by atoms with van der Waals surface area (Å²) in [6.07, 6.45) is 2.32. The van der Waals surface area contributed by atoms with Gasteiger partial charge in [0.05, 0.1) is 31.4 Å². The van der Waals surface area contributed by atoms with E-state index in [1.807, 2.05) is 6.07 Å². The van der Waals surface area contributed by atoms with Crippen LogP contribution >= 0.6 is 23.2 Å². The summed E-state index contributed by atoms with van der Waals surface area (Å²) in [6.45, 7) is 0.919. The van der Waals surface area contributed by atoms with Gasteiger partial charge in [-0.05, 0) is 24.1 Å². The molecule has 9 heteroatoms. The zero-order valence-corrected chi connectivity index (χ0v) is 17.5. The van der Waals surface area contributed by atoms with Crippen LogP contribution in [0.5, 0.6) is 17.2 Å². The van der Waals surface area contributed by atoms with Gasteiger partial charge in [0.15, 0.2) is 11.5 Å². The summed E-state index contributed by atoms with van der Waals surface area (Å²) in [5, 5.41) is 6.79. The minimum Gasteiger partial charge on any atom is -0.493 e. The number of carbonyl (C=O) groups is 1. The zero-order valence-electron chi connectivity index (χ0n) is 16.0. The van der Waals surface area contributed by atoms with E-state index in [-0.39, 0.29) is 5.91 Å². The van der Waals surface area contributed by atoms with E-state index in [4.69, 9.17) is 37.4 Å². The topological polar surface area (TPSA) is 81.7 Å². The van der Waals surface area contributed by atoms with Crippen molar-refractivity contribution in [2.24, 2.45) is 0 Å². The minimum absolute atomic E-state index is 0.0752. The van der Waals surface area contributed by atoms with Crippen LogP contribution in [0, 0.1) is 0 Å². The first-order valence-corrected chi connectivity index (χ1v) is 9.35. The number of benzene rings is 1. The minimum atomic E-state index is -0.0752. The number of aryl methyl sites for hydroxylation is 1. The number of pyridine rings is 1. The van der Waals surface area contributed by atoms with Gasteiger partial charge in [-0.3, -0.25) is 4.79 Å². The third-order valence-corrected chi connectivity index (χ3v) is 4.45. The molecule has 1 amide bonds. The van der Waals surface area contributed by atoms with Crippen LogP contribution < -0.4 is 24.8 Å². The summed E-state index contributed by atoms with van der Waals surface area (Å²) in [7, 11) is 4.67. The fourth-order valence-corrected chi connectivity index (χ4v) is 3.07. The van der Waals surface area contributed by atoms with E-state index in [9.17, 15) is 4.79 Å². The molecule has 2 N–H and O–H groups in total. The monoisotopic (exact) mass is 427 g/mol. The Labute approximate surface area is 174 Å². The Morgan fingerprint density at radius 3 is 2.46 bits per heavy atom. The summed E-state index contributed by atoms with van der Waals surface area (Å²) in [4.78, 5) is 16.2. The van der Waals surface area contributed by atoms with E-state index in [1.165, 1.54) is 6.20 Å². The van der Waals surface area contributed by atoms with Gasteiger partial charge in [0.2, 0.25) is 11.7 Å². The molecule has 0 unspecified atom stereocenters. The fraction of sp³-hybridized carbons (Fsp3) is 0.368. The van der Waals surface area contributed by atoms with Gasteiger partial charge in [0.1, 0.15) is 5.82 Å². The molecule has 1 aromatic heterocycles. The van der Waals surface area contributed by atoms with Crippen LogP contribution in [0.15, 0.2) is 24.4 Å². The molecular formula is C19H23Cl2N3O4. The first-order chi connectivity index (χ1) is 13.5. The lowest BCUT2D eigenvalue weighted by Crippen LogP contribution is -2.29. The number of aromatic nitrogens is 1. The van der Waals surface area contributed by atoms with Gasteiger partial charge in [-0.25, -0.2) is 4.98 Å². The molecule has 2 rings (SSSR count). The van der Waals surface area contributed by atoms with Gasteiger partial charge < -0.3 is 24.8 Å². The van der Waals surface area contributed by atoms with Crippen molar-refractivity contribution in [1.29, 1.82) is 0 Å². The first kappa shape index (κ1) is 21.9. The zero-order chi connectivity index (χ0) is 20.5. The maximum atomic E-state index is 12.1. The molecule has 1 aromatic carbocycles. The van der Waals surface area contributed by atoms with E-state index in [2.05, 4.69) is 15.6 Å². The fourth-order valence-electron chi connectivity index (χ4n) is 2.62. The highest BCUT2D eigenvalue weighted by Gasteiger charge is 2.16. The molecule has 0 saturated carbocycles. The SMILES string of the molecule is COc1ccc(CCC(=O)NCCNc2ncc(Cl)cc2Cl)c(OC)c1OC. The third-order valence-electron chi connectivity index (χ3n) is 3.95. The van der Waals surface area contributed by atoms with Gasteiger partial charge in [-0.2, -0.15) is 0 Å². The normalized spacial score (nSPS) is 10.3. The standard InChI is InChI=1S/C19H23Cl2N3O4/c1-26-15-6-4-12(17(27-2)18(15)28-3)5-7-16(25)22-8-9-23-19-14(21)10-13(20)11-24-19/h4,6,10-11H,5,7-9H2,1-3H3,(H,22,25)(H,23,24). The van der Waals surface area contributed by atoms with Crippen LogP contribution in [0.2, 0.25) is 10.0 Å². The predicted octanol–water partition coefficient (Wildman–Crippen LogP) is 3.58. The number of nitrogens with zero attached hydrogens (tertiary/aromatic N) is 1. The smallest absolute Gasteiger partial charge is 0.220 e. The number of hydrogen-bond acceptors (Lipinski definition) is 6. The molecule has 0 bridgehead atoms. The molecule has 0 fully saturated rings. The lowest BCUT2D eigenvalue weighted by molar-refractivity contribution is -0.120. The Bertz CT molecular complexity index is 818.